The van der Waals surface area contributed by atoms with Crippen molar-refractivity contribution < 1.29 is 18.8 Å². The Kier molecular flexibility index (Phi) is 10.1. The quantitative estimate of drug-likeness (QED) is 0.103. The first-order valence-electron chi connectivity index (χ1n) is 13.7. The van der Waals surface area contributed by atoms with Gasteiger partial charge in [-0.2, -0.15) is 0 Å². The summed E-state index contributed by atoms with van der Waals surface area (Å²) in [5.74, 6) is -0.0366. The number of hydrogen-bond donors (Lipinski definition) is 3. The molecular formula is C35H28BrN3O4S. The Labute approximate surface area is 267 Å². The Morgan fingerprint density at radius 2 is 1.39 bits per heavy atom. The number of benzene rings is 4. The molecule has 3 N–H and O–H groups in total. The van der Waals surface area contributed by atoms with Crippen molar-refractivity contribution in [1.29, 1.82) is 0 Å². The van der Waals surface area contributed by atoms with Crippen LogP contribution in [0.4, 0.5) is 11.4 Å². The molecule has 1 heterocycles. The van der Waals surface area contributed by atoms with E-state index in [-0.39, 0.29) is 16.9 Å². The van der Waals surface area contributed by atoms with Gasteiger partial charge >= 0.3 is 0 Å². The molecule has 0 saturated heterocycles. The van der Waals surface area contributed by atoms with E-state index < -0.39 is 11.8 Å². The highest BCUT2D eigenvalue weighted by Gasteiger charge is 2.18. The summed E-state index contributed by atoms with van der Waals surface area (Å²) in [4.78, 5) is 39.9. The molecule has 5 aromatic rings. The van der Waals surface area contributed by atoms with Gasteiger partial charge in [0.15, 0.2) is 0 Å². The lowest BCUT2D eigenvalue weighted by Gasteiger charge is -2.13. The fourth-order valence-corrected chi connectivity index (χ4v) is 5.25. The summed E-state index contributed by atoms with van der Waals surface area (Å²) < 4.78 is 6.93. The van der Waals surface area contributed by atoms with Gasteiger partial charge in [0.05, 0.1) is 5.25 Å². The zero-order chi connectivity index (χ0) is 30.9. The Morgan fingerprint density at radius 1 is 0.750 bits per heavy atom. The van der Waals surface area contributed by atoms with Gasteiger partial charge in [-0.3, -0.25) is 14.4 Å². The molecule has 1 atom stereocenters. The van der Waals surface area contributed by atoms with E-state index in [4.69, 9.17) is 4.42 Å². The molecule has 4 aromatic carbocycles. The zero-order valence-corrected chi connectivity index (χ0v) is 26.0. The Morgan fingerprint density at radius 3 is 2.07 bits per heavy atom. The Balaban J connectivity index is 1.29. The molecule has 7 nitrogen and oxygen atoms in total. The van der Waals surface area contributed by atoms with Crippen LogP contribution in [0.15, 0.2) is 141 Å². The van der Waals surface area contributed by atoms with Crippen molar-refractivity contribution in [2.45, 2.75) is 17.1 Å². The minimum absolute atomic E-state index is 0.0141. The molecule has 0 fully saturated rings. The van der Waals surface area contributed by atoms with E-state index in [2.05, 4.69) is 31.9 Å². The summed E-state index contributed by atoms with van der Waals surface area (Å²) in [7, 11) is 0. The number of rotatable bonds is 10. The van der Waals surface area contributed by atoms with Crippen molar-refractivity contribution in [2.75, 3.05) is 10.6 Å². The van der Waals surface area contributed by atoms with E-state index >= 15 is 0 Å². The van der Waals surface area contributed by atoms with Crippen LogP contribution in [0.2, 0.25) is 0 Å². The molecule has 3 amide bonds. The molecule has 1 aromatic heterocycles. The monoisotopic (exact) mass is 665 g/mol. The molecule has 0 aliphatic carbocycles. The minimum Gasteiger partial charge on any atom is -0.457 e. The van der Waals surface area contributed by atoms with Gasteiger partial charge in [-0.15, -0.1) is 11.8 Å². The number of amides is 3. The summed E-state index contributed by atoms with van der Waals surface area (Å²) in [6.45, 7) is 1.84. The fraction of sp³-hybridized carbons (Fsp3) is 0.0571. The van der Waals surface area contributed by atoms with E-state index in [0.717, 1.165) is 20.6 Å². The van der Waals surface area contributed by atoms with Crippen molar-refractivity contribution in [3.63, 3.8) is 0 Å². The predicted molar refractivity (Wildman–Crippen MR) is 179 cm³/mol. The van der Waals surface area contributed by atoms with Crippen molar-refractivity contribution in [1.82, 2.24) is 5.32 Å². The van der Waals surface area contributed by atoms with Gasteiger partial charge in [-0.25, -0.2) is 0 Å². The van der Waals surface area contributed by atoms with Crippen LogP contribution in [0, 0.1) is 0 Å². The average molecular weight is 667 g/mol. The van der Waals surface area contributed by atoms with Gasteiger partial charge in [0, 0.05) is 37.9 Å². The summed E-state index contributed by atoms with van der Waals surface area (Å²) in [6, 6.07) is 36.3. The number of furan rings is 1. The largest absolute Gasteiger partial charge is 0.457 e. The maximum absolute atomic E-state index is 13.4. The van der Waals surface area contributed by atoms with Gasteiger partial charge in [0.2, 0.25) is 5.91 Å². The summed E-state index contributed by atoms with van der Waals surface area (Å²) in [5, 5.41) is 8.13. The molecule has 0 aliphatic rings. The maximum Gasteiger partial charge on any atom is 0.272 e. The smallest absolute Gasteiger partial charge is 0.272 e. The van der Waals surface area contributed by atoms with Crippen molar-refractivity contribution >= 4 is 62.9 Å². The molecular weight excluding hydrogens is 638 g/mol. The van der Waals surface area contributed by atoms with Gasteiger partial charge < -0.3 is 20.4 Å². The number of para-hydroxylation sites is 1. The number of carbonyl (C=O) groups excluding carboxylic acids is 3. The molecule has 220 valence electrons. The third kappa shape index (κ3) is 8.37. The molecule has 9 heteroatoms. The van der Waals surface area contributed by atoms with Crippen LogP contribution in [0.5, 0.6) is 0 Å². The second-order valence-corrected chi connectivity index (χ2v) is 12.0. The number of halogens is 1. The highest BCUT2D eigenvalue weighted by atomic mass is 79.9. The van der Waals surface area contributed by atoms with Crippen LogP contribution in [0.25, 0.3) is 17.4 Å². The molecule has 1 unspecified atom stereocenters. The van der Waals surface area contributed by atoms with Crippen molar-refractivity contribution in [2.24, 2.45) is 0 Å². The van der Waals surface area contributed by atoms with Crippen LogP contribution in [-0.4, -0.2) is 23.0 Å². The lowest BCUT2D eigenvalue weighted by atomic mass is 10.2. The SMILES string of the molecule is CC(Sc1ccc(NC(=O)C(=Cc2ccc(-c3ccc(Br)cc3)o2)NC(=O)c2ccccc2)cc1)C(=O)Nc1ccccc1. The first-order valence-corrected chi connectivity index (χ1v) is 15.4. The minimum atomic E-state index is -0.521. The third-order valence-electron chi connectivity index (χ3n) is 6.41. The number of hydrogen-bond acceptors (Lipinski definition) is 5. The predicted octanol–water partition coefficient (Wildman–Crippen LogP) is 8.24. The molecule has 0 bridgehead atoms. The summed E-state index contributed by atoms with van der Waals surface area (Å²) in [5.41, 5.74) is 2.56. The lowest BCUT2D eigenvalue weighted by Crippen LogP contribution is -2.30. The number of nitrogens with one attached hydrogen (secondary N) is 3. The third-order valence-corrected chi connectivity index (χ3v) is 8.05. The fourth-order valence-electron chi connectivity index (χ4n) is 4.12. The first kappa shape index (κ1) is 30.6. The zero-order valence-electron chi connectivity index (χ0n) is 23.6. The van der Waals surface area contributed by atoms with Crippen molar-refractivity contribution in [3.8, 4) is 11.3 Å². The van der Waals surface area contributed by atoms with E-state index in [1.807, 2.05) is 79.7 Å². The lowest BCUT2D eigenvalue weighted by molar-refractivity contribution is -0.115. The maximum atomic E-state index is 13.4. The highest BCUT2D eigenvalue weighted by molar-refractivity contribution is 9.10. The van der Waals surface area contributed by atoms with E-state index in [0.29, 0.717) is 22.8 Å². The van der Waals surface area contributed by atoms with Crippen molar-refractivity contribution in [3.05, 3.63) is 143 Å². The molecule has 0 saturated carbocycles. The van der Waals surface area contributed by atoms with Gasteiger partial charge in [-0.05, 0) is 79.7 Å². The number of thioether (sulfide) groups is 1. The molecule has 0 spiro atoms. The number of anilines is 2. The van der Waals surface area contributed by atoms with Crippen LogP contribution < -0.4 is 16.0 Å². The second-order valence-electron chi connectivity index (χ2n) is 9.68. The normalized spacial score (nSPS) is 11.8. The highest BCUT2D eigenvalue weighted by Crippen LogP contribution is 2.27. The van der Waals surface area contributed by atoms with E-state index in [9.17, 15) is 14.4 Å². The van der Waals surface area contributed by atoms with E-state index in [1.165, 1.54) is 17.8 Å². The standard InChI is InChI=1S/C35H28BrN3O4S/c1-23(33(40)37-27-10-6-3-7-11-27)44-30-19-16-28(17-20-30)38-35(42)31(39-34(41)25-8-4-2-5-9-25)22-29-18-21-32(43-29)24-12-14-26(36)15-13-24/h2-23H,1H3,(H,37,40)(H,38,42)(H,39,41). The van der Waals surface area contributed by atoms with Crippen LogP contribution in [-0.2, 0) is 9.59 Å². The number of carbonyl (C=O) groups is 3. The molecule has 44 heavy (non-hydrogen) atoms. The summed E-state index contributed by atoms with van der Waals surface area (Å²) in [6.07, 6.45) is 1.50. The summed E-state index contributed by atoms with van der Waals surface area (Å²) >= 11 is 4.84. The average Bonchev–Trinajstić information content (AvgIpc) is 3.51. The first-order chi connectivity index (χ1) is 21.3. The van der Waals surface area contributed by atoms with Gasteiger partial charge in [0.25, 0.3) is 11.8 Å². The van der Waals surface area contributed by atoms with Crippen LogP contribution in [0.1, 0.15) is 23.0 Å². The second kappa shape index (κ2) is 14.5. The molecule has 0 aliphatic heterocycles. The van der Waals surface area contributed by atoms with Gasteiger partial charge in [-0.1, -0.05) is 64.5 Å². The van der Waals surface area contributed by atoms with E-state index in [1.54, 1.807) is 48.5 Å². The topological polar surface area (TPSA) is 100 Å². The molecule has 0 radical (unpaired) electrons. The van der Waals surface area contributed by atoms with Gasteiger partial charge in [0.1, 0.15) is 17.2 Å². The Hall–Kier alpha value is -4.86. The molecule has 5 rings (SSSR count). The Bertz CT molecular complexity index is 1770. The van der Waals surface area contributed by atoms with Crippen LogP contribution >= 0.6 is 27.7 Å². The van der Waals surface area contributed by atoms with Crippen LogP contribution in [0.3, 0.4) is 0 Å².